The number of nitro groups is 1. The number of esters is 2. The molecular formula is C29H24ClF3N6O13S2. The third-order valence-electron chi connectivity index (χ3n) is 5.97. The Morgan fingerprint density at radius 2 is 1.76 bits per heavy atom. The van der Waals surface area contributed by atoms with Crippen LogP contribution in [0.5, 0.6) is 17.5 Å². The molecule has 4 aromatic rings. The highest BCUT2D eigenvalue weighted by molar-refractivity contribution is 7.90. The van der Waals surface area contributed by atoms with Gasteiger partial charge in [0.05, 0.1) is 29.2 Å². The quantitative estimate of drug-likeness (QED) is 0.0937. The number of aryl methyl sites for hydroxylation is 1. The average Bonchev–Trinajstić information content (AvgIpc) is 3.59. The molecule has 2 aromatic heterocycles. The van der Waals surface area contributed by atoms with Gasteiger partial charge in [-0.2, -0.15) is 28.1 Å². The van der Waals surface area contributed by atoms with Crippen molar-refractivity contribution in [1.82, 2.24) is 19.7 Å². The van der Waals surface area contributed by atoms with E-state index in [1.54, 1.807) is 4.72 Å². The van der Waals surface area contributed by atoms with Crippen LogP contribution in [-0.2, 0) is 30.5 Å². The van der Waals surface area contributed by atoms with Gasteiger partial charge in [-0.3, -0.25) is 15.4 Å². The van der Waals surface area contributed by atoms with Crippen LogP contribution < -0.4 is 19.5 Å². The van der Waals surface area contributed by atoms with Crippen LogP contribution in [0.15, 0.2) is 52.7 Å². The minimum absolute atomic E-state index is 0.0493. The summed E-state index contributed by atoms with van der Waals surface area (Å²) in [6, 6.07) is 5.21. The zero-order chi connectivity index (χ0) is 40.4. The van der Waals surface area contributed by atoms with Crippen LogP contribution in [0.25, 0.3) is 0 Å². The maximum atomic E-state index is 12.7. The standard InChI is InChI=1S/C18H13ClF3NO7.C11H11N5O6S2/c1-2-28-16(24)9-29-17(25)12-8-11(4-5-14(12)23(26)27)30-15-6-3-10(7-13(15)19)18(20,21)22;1-5-12-9(15-11(13-5)22-2)14-10(19)16-24(20,21)6-3-4-23-7(6)8(17)18/h3-8H,2,9H2,1H3;3-4H,1-2H3,(H,17,18)(H2,12,13,14,15,16,19). The van der Waals surface area contributed by atoms with Crippen LogP contribution in [0.2, 0.25) is 5.02 Å². The number of aromatic carboxylic acids is 1. The Labute approximate surface area is 310 Å². The summed E-state index contributed by atoms with van der Waals surface area (Å²) in [5.41, 5.74) is -2.16. The molecule has 0 aliphatic heterocycles. The number of alkyl halides is 3. The van der Waals surface area contributed by atoms with Crippen molar-refractivity contribution in [3.05, 3.63) is 84.8 Å². The fourth-order valence-corrected chi connectivity index (χ4v) is 6.15. The number of methoxy groups -OCH3 is 1. The van der Waals surface area contributed by atoms with Gasteiger partial charge in [0.2, 0.25) is 5.95 Å². The molecule has 4 rings (SSSR count). The van der Waals surface area contributed by atoms with E-state index in [1.165, 1.54) is 26.3 Å². The number of carbonyl (C=O) groups is 4. The molecule has 2 amide bonds. The highest BCUT2D eigenvalue weighted by atomic mass is 35.5. The number of hydrogen-bond acceptors (Lipinski definition) is 16. The molecule has 0 aliphatic carbocycles. The maximum absolute atomic E-state index is 12.7. The fourth-order valence-electron chi connectivity index (χ4n) is 3.77. The van der Waals surface area contributed by atoms with Gasteiger partial charge >= 0.3 is 36.1 Å². The number of amides is 2. The number of carbonyl (C=O) groups excluding carboxylic acids is 3. The molecule has 0 bridgehead atoms. The number of rotatable bonds is 12. The van der Waals surface area contributed by atoms with Gasteiger partial charge in [0.25, 0.3) is 15.7 Å². The van der Waals surface area contributed by atoms with E-state index in [1.807, 2.05) is 0 Å². The number of nitrogens with zero attached hydrogens (tertiary/aromatic N) is 4. The molecule has 2 aromatic carbocycles. The average molecular weight is 821 g/mol. The number of benzene rings is 2. The van der Waals surface area contributed by atoms with E-state index in [0.717, 1.165) is 47.7 Å². The lowest BCUT2D eigenvalue weighted by molar-refractivity contribution is -0.385. The zero-order valence-electron chi connectivity index (χ0n) is 27.5. The number of carboxylic acids is 1. The normalized spacial score (nSPS) is 10.9. The second kappa shape index (κ2) is 18.1. The smallest absolute Gasteiger partial charge is 0.416 e. The molecule has 2 heterocycles. The van der Waals surface area contributed by atoms with Gasteiger partial charge in [-0.15, -0.1) is 11.3 Å². The minimum Gasteiger partial charge on any atom is -0.477 e. The fraction of sp³-hybridized carbons (Fsp3) is 0.207. The van der Waals surface area contributed by atoms with Crippen LogP contribution >= 0.6 is 22.9 Å². The van der Waals surface area contributed by atoms with Gasteiger partial charge in [0.1, 0.15) is 32.7 Å². The number of sulfonamides is 1. The molecule has 0 fully saturated rings. The number of urea groups is 1. The third kappa shape index (κ3) is 11.7. The molecule has 25 heteroatoms. The maximum Gasteiger partial charge on any atom is 0.416 e. The van der Waals surface area contributed by atoms with Gasteiger partial charge in [-0.1, -0.05) is 11.6 Å². The summed E-state index contributed by atoms with van der Waals surface area (Å²) in [5.74, 6) is -3.75. The molecule has 288 valence electrons. The van der Waals surface area contributed by atoms with Crippen molar-refractivity contribution in [2.45, 2.75) is 24.9 Å². The lowest BCUT2D eigenvalue weighted by atomic mass is 10.1. The van der Waals surface area contributed by atoms with E-state index in [9.17, 15) is 50.9 Å². The number of nitro benzene ring substituents is 1. The number of nitrogens with one attached hydrogen (secondary N) is 2. The Bertz CT molecular complexity index is 2190. The summed E-state index contributed by atoms with van der Waals surface area (Å²) in [6.07, 6.45) is -4.61. The third-order valence-corrected chi connectivity index (χ3v) is 8.67. The topological polar surface area (TPSA) is 265 Å². The number of aromatic nitrogens is 3. The van der Waals surface area contributed by atoms with Gasteiger partial charge < -0.3 is 24.1 Å². The van der Waals surface area contributed by atoms with Crippen molar-refractivity contribution in [1.29, 1.82) is 0 Å². The Kier molecular flexibility index (Phi) is 14.1. The Morgan fingerprint density at radius 1 is 1.06 bits per heavy atom. The number of thiophene rings is 1. The molecule has 0 aliphatic rings. The molecule has 3 N–H and O–H groups in total. The van der Waals surface area contributed by atoms with Crippen molar-refractivity contribution < 1.29 is 69.7 Å². The highest BCUT2D eigenvalue weighted by Gasteiger charge is 2.31. The van der Waals surface area contributed by atoms with Crippen molar-refractivity contribution in [3.8, 4) is 17.5 Å². The Balaban J connectivity index is 0.000000297. The molecule has 0 saturated carbocycles. The molecule has 0 radical (unpaired) electrons. The summed E-state index contributed by atoms with van der Waals surface area (Å²) < 4.78 is 83.5. The van der Waals surface area contributed by atoms with Crippen LogP contribution in [0.3, 0.4) is 0 Å². The van der Waals surface area contributed by atoms with E-state index in [0.29, 0.717) is 6.07 Å². The number of hydrogen-bond donors (Lipinski definition) is 3. The van der Waals surface area contributed by atoms with Crippen LogP contribution in [0, 0.1) is 17.0 Å². The molecular weight excluding hydrogens is 797 g/mol. The molecule has 0 atom stereocenters. The minimum atomic E-state index is -4.61. The summed E-state index contributed by atoms with van der Waals surface area (Å²) in [7, 11) is -3.06. The van der Waals surface area contributed by atoms with Gasteiger partial charge in [0, 0.05) is 12.1 Å². The van der Waals surface area contributed by atoms with Crippen LogP contribution in [-0.4, -0.2) is 77.7 Å². The van der Waals surface area contributed by atoms with Gasteiger partial charge in [-0.05, 0) is 49.6 Å². The summed E-state index contributed by atoms with van der Waals surface area (Å²) in [6.45, 7) is 2.35. The first-order chi connectivity index (χ1) is 25.2. The Hall–Kier alpha value is -6.14. The highest BCUT2D eigenvalue weighted by Crippen LogP contribution is 2.37. The van der Waals surface area contributed by atoms with Crippen molar-refractivity contribution >= 4 is 68.5 Å². The number of halogens is 4. The number of carboxylic acid groups (broad SMARTS) is 1. The molecule has 0 saturated heterocycles. The number of ether oxygens (including phenoxy) is 4. The SMILES string of the molecule is CCOC(=O)COC(=O)c1cc(Oc2ccc(C(F)(F)F)cc2Cl)ccc1[N+](=O)[O-].COc1nc(C)nc(NC(=O)NS(=O)(=O)c2ccsc2C(=O)O)n1. The first-order valence-electron chi connectivity index (χ1n) is 14.3. The lowest BCUT2D eigenvalue weighted by Crippen LogP contribution is -2.35. The summed E-state index contributed by atoms with van der Waals surface area (Å²) in [4.78, 5) is 67.0. The van der Waals surface area contributed by atoms with Crippen LogP contribution in [0.1, 0.15) is 38.3 Å². The van der Waals surface area contributed by atoms with E-state index in [2.05, 4.69) is 25.0 Å². The van der Waals surface area contributed by atoms with E-state index < -0.39 is 78.3 Å². The Morgan fingerprint density at radius 3 is 2.35 bits per heavy atom. The molecule has 0 spiro atoms. The van der Waals surface area contributed by atoms with Crippen molar-refractivity contribution in [3.63, 3.8) is 0 Å². The predicted octanol–water partition coefficient (Wildman–Crippen LogP) is 5.24. The lowest BCUT2D eigenvalue weighted by Gasteiger charge is -2.12. The van der Waals surface area contributed by atoms with Gasteiger partial charge in [0.15, 0.2) is 6.61 Å². The zero-order valence-corrected chi connectivity index (χ0v) is 29.9. The molecule has 0 unspecified atom stereocenters. The van der Waals surface area contributed by atoms with Gasteiger partial charge in [-0.25, -0.2) is 32.3 Å². The predicted molar refractivity (Wildman–Crippen MR) is 178 cm³/mol. The van der Waals surface area contributed by atoms with E-state index in [-0.39, 0.29) is 40.9 Å². The second-order valence-electron chi connectivity index (χ2n) is 9.73. The summed E-state index contributed by atoms with van der Waals surface area (Å²) >= 11 is 6.53. The number of anilines is 1. The monoisotopic (exact) mass is 820 g/mol. The first kappa shape index (κ1) is 42.3. The van der Waals surface area contributed by atoms with Crippen molar-refractivity contribution in [2.75, 3.05) is 25.6 Å². The van der Waals surface area contributed by atoms with Crippen molar-refractivity contribution in [2.24, 2.45) is 0 Å². The molecule has 54 heavy (non-hydrogen) atoms. The largest absolute Gasteiger partial charge is 0.477 e. The molecule has 19 nitrogen and oxygen atoms in total. The van der Waals surface area contributed by atoms with E-state index in [4.69, 9.17) is 30.9 Å². The first-order valence-corrected chi connectivity index (χ1v) is 17.1. The van der Waals surface area contributed by atoms with E-state index >= 15 is 0 Å². The van der Waals surface area contributed by atoms with Crippen LogP contribution in [0.4, 0.5) is 29.6 Å². The summed E-state index contributed by atoms with van der Waals surface area (Å²) in [5, 5.41) is 23.1. The second-order valence-corrected chi connectivity index (χ2v) is 12.7.